The summed E-state index contributed by atoms with van der Waals surface area (Å²) in [6.45, 7) is 5.07. The van der Waals surface area contributed by atoms with Crippen molar-refractivity contribution < 1.29 is 9.53 Å². The third-order valence-corrected chi connectivity index (χ3v) is 6.61. The van der Waals surface area contributed by atoms with Crippen LogP contribution in [0.3, 0.4) is 0 Å². The number of hydrogen-bond acceptors (Lipinski definition) is 7. The van der Waals surface area contributed by atoms with Crippen LogP contribution in [-0.4, -0.2) is 77.0 Å². The number of piperidine rings is 1. The number of nitrogens with zero attached hydrogens (tertiary/aromatic N) is 7. The van der Waals surface area contributed by atoms with E-state index in [-0.39, 0.29) is 18.3 Å². The van der Waals surface area contributed by atoms with Crippen LogP contribution in [0.25, 0.3) is 5.65 Å². The Balaban J connectivity index is 0.00000274. The number of aromatic nitrogens is 4. The van der Waals surface area contributed by atoms with E-state index in [1.807, 2.05) is 35.2 Å². The molecular formula is C24H32ClN7O2. The Morgan fingerprint density at radius 2 is 1.68 bits per heavy atom. The summed E-state index contributed by atoms with van der Waals surface area (Å²) in [7, 11) is 1.69. The summed E-state index contributed by atoms with van der Waals surface area (Å²) in [6, 6.07) is 12.0. The van der Waals surface area contributed by atoms with Gasteiger partial charge >= 0.3 is 0 Å². The van der Waals surface area contributed by atoms with Crippen LogP contribution in [0.15, 0.2) is 36.4 Å². The van der Waals surface area contributed by atoms with Gasteiger partial charge in [0.25, 0.3) is 0 Å². The van der Waals surface area contributed by atoms with E-state index >= 15 is 0 Å². The number of ether oxygens (including phenoxy) is 1. The molecule has 9 nitrogen and oxygen atoms in total. The van der Waals surface area contributed by atoms with Gasteiger partial charge in [0.1, 0.15) is 11.6 Å². The maximum absolute atomic E-state index is 12.9. The Hall–Kier alpha value is -3.07. The number of aryl methyl sites for hydroxylation is 1. The monoisotopic (exact) mass is 485 g/mol. The minimum atomic E-state index is 0. The smallest absolute Gasteiger partial charge is 0.223 e. The van der Waals surface area contributed by atoms with Gasteiger partial charge in [0.2, 0.25) is 5.91 Å². The zero-order chi connectivity index (χ0) is 22.6. The summed E-state index contributed by atoms with van der Waals surface area (Å²) < 4.78 is 7.29. The Bertz CT molecular complexity index is 1110. The number of fused-ring (bicyclic) bond motifs is 1. The first-order valence-electron chi connectivity index (χ1n) is 11.8. The first-order chi connectivity index (χ1) is 16.2. The Morgan fingerprint density at radius 3 is 2.44 bits per heavy atom. The Morgan fingerprint density at radius 1 is 0.912 bits per heavy atom. The number of benzene rings is 1. The minimum absolute atomic E-state index is 0. The normalized spacial score (nSPS) is 16.4. The summed E-state index contributed by atoms with van der Waals surface area (Å²) in [5.74, 6) is 2.72. The summed E-state index contributed by atoms with van der Waals surface area (Å²) in [5, 5.41) is 13.3. The highest BCUT2D eigenvalue weighted by molar-refractivity contribution is 5.85. The lowest BCUT2D eigenvalue weighted by molar-refractivity contribution is -0.131. The van der Waals surface area contributed by atoms with E-state index in [2.05, 4.69) is 26.1 Å². The van der Waals surface area contributed by atoms with E-state index in [0.717, 1.165) is 54.9 Å². The molecule has 2 fully saturated rings. The van der Waals surface area contributed by atoms with Gasteiger partial charge in [-0.15, -0.1) is 27.7 Å². The number of amides is 1. The summed E-state index contributed by atoms with van der Waals surface area (Å²) in [4.78, 5) is 19.4. The van der Waals surface area contributed by atoms with Crippen LogP contribution < -0.4 is 14.5 Å². The van der Waals surface area contributed by atoms with E-state index < -0.39 is 0 Å². The average Bonchev–Trinajstić information content (AvgIpc) is 3.30. The highest BCUT2D eigenvalue weighted by Gasteiger charge is 2.23. The van der Waals surface area contributed by atoms with E-state index in [1.165, 1.54) is 19.3 Å². The van der Waals surface area contributed by atoms with Gasteiger partial charge in [-0.1, -0.05) is 12.1 Å². The maximum Gasteiger partial charge on any atom is 0.223 e. The molecular weight excluding hydrogens is 454 g/mol. The third-order valence-electron chi connectivity index (χ3n) is 6.61. The molecule has 2 saturated heterocycles. The number of rotatable bonds is 6. The number of para-hydroxylation sites is 2. The molecule has 0 saturated carbocycles. The number of halogens is 1. The van der Waals surface area contributed by atoms with Crippen molar-refractivity contribution in [2.24, 2.45) is 0 Å². The second kappa shape index (κ2) is 10.9. The molecule has 1 amide bonds. The van der Waals surface area contributed by atoms with Crippen LogP contribution >= 0.6 is 12.4 Å². The predicted molar refractivity (Wildman–Crippen MR) is 134 cm³/mol. The van der Waals surface area contributed by atoms with Crippen molar-refractivity contribution in [1.82, 2.24) is 24.7 Å². The van der Waals surface area contributed by atoms with Crippen LogP contribution in [0.2, 0.25) is 0 Å². The second-order valence-electron chi connectivity index (χ2n) is 8.67. The molecule has 0 unspecified atom stereocenters. The minimum Gasteiger partial charge on any atom is -0.495 e. The molecule has 1 aromatic carbocycles. The first-order valence-corrected chi connectivity index (χ1v) is 11.8. The molecule has 10 heteroatoms. The van der Waals surface area contributed by atoms with E-state index in [0.29, 0.717) is 25.9 Å². The van der Waals surface area contributed by atoms with Crippen molar-refractivity contribution in [3.8, 4) is 5.75 Å². The summed E-state index contributed by atoms with van der Waals surface area (Å²) >= 11 is 0. The Kier molecular flexibility index (Phi) is 7.72. The van der Waals surface area contributed by atoms with Crippen molar-refractivity contribution >= 4 is 35.5 Å². The van der Waals surface area contributed by atoms with Crippen molar-refractivity contribution in [3.63, 3.8) is 0 Å². The van der Waals surface area contributed by atoms with Crippen LogP contribution in [0.4, 0.5) is 11.5 Å². The predicted octanol–water partition coefficient (Wildman–Crippen LogP) is 2.83. The quantitative estimate of drug-likeness (QED) is 0.531. The summed E-state index contributed by atoms with van der Waals surface area (Å²) in [6.07, 6.45) is 4.63. The van der Waals surface area contributed by atoms with Gasteiger partial charge in [-0.25, -0.2) is 0 Å². The molecule has 2 aliphatic heterocycles. The molecule has 0 atom stereocenters. The fourth-order valence-electron chi connectivity index (χ4n) is 4.74. The van der Waals surface area contributed by atoms with Gasteiger partial charge in [0.15, 0.2) is 11.5 Å². The van der Waals surface area contributed by atoms with Gasteiger partial charge in [-0.05, 0) is 43.5 Å². The molecule has 2 aliphatic rings. The van der Waals surface area contributed by atoms with E-state index in [4.69, 9.17) is 9.84 Å². The maximum atomic E-state index is 12.9. The molecule has 4 heterocycles. The van der Waals surface area contributed by atoms with Crippen molar-refractivity contribution in [3.05, 3.63) is 42.2 Å². The van der Waals surface area contributed by atoms with Crippen molar-refractivity contribution in [2.45, 2.75) is 32.1 Å². The fraction of sp³-hybridized carbons (Fsp3) is 0.500. The van der Waals surface area contributed by atoms with Gasteiger partial charge in [-0.2, -0.15) is 4.52 Å². The fourth-order valence-corrected chi connectivity index (χ4v) is 4.74. The van der Waals surface area contributed by atoms with Gasteiger partial charge in [-0.3, -0.25) is 4.79 Å². The molecule has 0 spiro atoms. The van der Waals surface area contributed by atoms with Crippen LogP contribution in [0.1, 0.15) is 31.5 Å². The van der Waals surface area contributed by atoms with Crippen molar-refractivity contribution in [1.29, 1.82) is 0 Å². The topological polar surface area (TPSA) is 79.1 Å². The third kappa shape index (κ3) is 5.04. The first kappa shape index (κ1) is 24.1. The van der Waals surface area contributed by atoms with Gasteiger partial charge in [0.05, 0.1) is 12.8 Å². The van der Waals surface area contributed by atoms with E-state index in [9.17, 15) is 4.79 Å². The molecule has 182 valence electrons. The second-order valence-corrected chi connectivity index (χ2v) is 8.67. The van der Waals surface area contributed by atoms with Crippen LogP contribution in [0, 0.1) is 0 Å². The number of carbonyl (C=O) groups excluding carboxylic acids is 1. The summed E-state index contributed by atoms with van der Waals surface area (Å²) in [5.41, 5.74) is 1.81. The zero-order valence-electron chi connectivity index (χ0n) is 19.6. The number of methoxy groups -OCH3 is 1. The highest BCUT2D eigenvalue weighted by atomic mass is 35.5. The number of anilines is 2. The number of piperazine rings is 1. The zero-order valence-corrected chi connectivity index (χ0v) is 20.4. The molecule has 5 rings (SSSR count). The molecule has 0 radical (unpaired) electrons. The molecule has 0 aliphatic carbocycles. The Labute approximate surface area is 206 Å². The van der Waals surface area contributed by atoms with Gasteiger partial charge in [0, 0.05) is 52.1 Å². The highest BCUT2D eigenvalue weighted by Crippen LogP contribution is 2.28. The van der Waals surface area contributed by atoms with Crippen molar-refractivity contribution in [2.75, 3.05) is 56.2 Å². The molecule has 34 heavy (non-hydrogen) atoms. The van der Waals surface area contributed by atoms with Crippen LogP contribution in [0.5, 0.6) is 5.75 Å². The van der Waals surface area contributed by atoms with E-state index in [1.54, 1.807) is 11.6 Å². The number of hydrogen-bond donors (Lipinski definition) is 0. The lowest BCUT2D eigenvalue weighted by Crippen LogP contribution is -2.49. The molecule has 2 aromatic heterocycles. The largest absolute Gasteiger partial charge is 0.495 e. The standard InChI is InChI=1S/C24H31N7O2.ClH/c1-33-20-8-4-3-7-19(20)28-15-17-30(18-16-28)24(32)12-11-22-26-25-21-9-10-23(27-31(21)22)29-13-5-2-6-14-29;/h3-4,7-10H,2,5-6,11-18H2,1H3;1H. The number of carbonyl (C=O) groups is 1. The lowest BCUT2D eigenvalue weighted by Gasteiger charge is -2.36. The van der Waals surface area contributed by atoms with Gasteiger partial charge < -0.3 is 19.4 Å². The molecule has 3 aromatic rings. The lowest BCUT2D eigenvalue weighted by atomic mass is 10.1. The average molecular weight is 486 g/mol. The molecule has 0 N–H and O–H groups in total. The van der Waals surface area contributed by atoms with Crippen LogP contribution in [-0.2, 0) is 11.2 Å². The molecule has 0 bridgehead atoms. The SMILES string of the molecule is COc1ccccc1N1CCN(C(=O)CCc2nnc3ccc(N4CCCCC4)nn23)CC1.Cl.